The molecule has 0 aliphatic heterocycles. The minimum atomic E-state index is -0.961. The lowest BCUT2D eigenvalue weighted by atomic mass is 10.2. The lowest BCUT2D eigenvalue weighted by Gasteiger charge is -2.14. The van der Waals surface area contributed by atoms with Gasteiger partial charge in [-0.1, -0.05) is 6.07 Å². The van der Waals surface area contributed by atoms with Crippen molar-refractivity contribution in [2.45, 2.75) is 6.92 Å². The van der Waals surface area contributed by atoms with Gasteiger partial charge in [0.15, 0.2) is 0 Å². The molecule has 1 aromatic heterocycles. The third-order valence-electron chi connectivity index (χ3n) is 2.70. The van der Waals surface area contributed by atoms with E-state index in [4.69, 9.17) is 0 Å². The topological polar surface area (TPSA) is 65.5 Å². The van der Waals surface area contributed by atoms with Crippen molar-refractivity contribution >= 4 is 33.9 Å². The zero-order valence-corrected chi connectivity index (χ0v) is 11.8. The molecule has 0 amide bonds. The molecule has 0 saturated heterocycles. The maximum absolute atomic E-state index is 11.2. The molecule has 0 atom stereocenters. The SMILES string of the molecule is Cc1nsc(Nc2cccc(N(C)C)c2)c1C(=O)O. The molecule has 6 heteroatoms. The molecule has 0 radical (unpaired) electrons. The summed E-state index contributed by atoms with van der Waals surface area (Å²) in [5.74, 6) is -0.961. The third kappa shape index (κ3) is 2.85. The molecule has 2 aromatic rings. The van der Waals surface area contributed by atoms with Crippen LogP contribution in [0.5, 0.6) is 0 Å². The van der Waals surface area contributed by atoms with Gasteiger partial charge in [0.05, 0.1) is 5.69 Å². The molecule has 0 aliphatic rings. The average Bonchev–Trinajstić information content (AvgIpc) is 2.70. The van der Waals surface area contributed by atoms with Crippen LogP contribution < -0.4 is 10.2 Å². The summed E-state index contributed by atoms with van der Waals surface area (Å²) in [4.78, 5) is 13.2. The minimum absolute atomic E-state index is 0.236. The zero-order chi connectivity index (χ0) is 14.0. The minimum Gasteiger partial charge on any atom is -0.478 e. The highest BCUT2D eigenvalue weighted by molar-refractivity contribution is 7.10. The summed E-state index contributed by atoms with van der Waals surface area (Å²) in [6.07, 6.45) is 0. The second-order valence-electron chi connectivity index (χ2n) is 4.35. The van der Waals surface area contributed by atoms with Gasteiger partial charge < -0.3 is 15.3 Å². The number of carboxylic acids is 1. The Bertz CT molecular complexity index is 608. The van der Waals surface area contributed by atoms with E-state index < -0.39 is 5.97 Å². The Morgan fingerprint density at radius 1 is 1.42 bits per heavy atom. The van der Waals surface area contributed by atoms with Gasteiger partial charge in [0, 0.05) is 25.5 Å². The highest BCUT2D eigenvalue weighted by Gasteiger charge is 2.17. The third-order valence-corrected chi connectivity index (χ3v) is 3.55. The molecular weight excluding hydrogens is 262 g/mol. The Hall–Kier alpha value is -2.08. The number of anilines is 3. The lowest BCUT2D eigenvalue weighted by molar-refractivity contribution is 0.0697. The largest absolute Gasteiger partial charge is 0.478 e. The van der Waals surface area contributed by atoms with Crippen LogP contribution in [0.2, 0.25) is 0 Å². The van der Waals surface area contributed by atoms with Crippen molar-refractivity contribution in [1.82, 2.24) is 4.37 Å². The van der Waals surface area contributed by atoms with Crippen LogP contribution in [0.15, 0.2) is 24.3 Å². The van der Waals surface area contributed by atoms with E-state index in [1.165, 1.54) is 0 Å². The predicted molar refractivity (Wildman–Crippen MR) is 77.9 cm³/mol. The molecule has 0 bridgehead atoms. The van der Waals surface area contributed by atoms with Gasteiger partial charge in [0.2, 0.25) is 0 Å². The first-order valence-corrected chi connectivity index (χ1v) is 6.50. The molecule has 2 rings (SSSR count). The maximum Gasteiger partial charge on any atom is 0.340 e. The second-order valence-corrected chi connectivity index (χ2v) is 5.12. The maximum atomic E-state index is 11.2. The molecule has 0 fully saturated rings. The summed E-state index contributed by atoms with van der Waals surface area (Å²) >= 11 is 1.16. The molecule has 0 aliphatic carbocycles. The molecule has 19 heavy (non-hydrogen) atoms. The summed E-state index contributed by atoms with van der Waals surface area (Å²) in [5, 5.41) is 12.8. The Morgan fingerprint density at radius 3 is 2.79 bits per heavy atom. The van der Waals surface area contributed by atoms with E-state index in [1.54, 1.807) is 6.92 Å². The standard InChI is InChI=1S/C13H15N3O2S/c1-8-11(13(17)18)12(19-15-8)14-9-5-4-6-10(7-9)16(2)3/h4-7,14H,1-3H3,(H,17,18). The van der Waals surface area contributed by atoms with Crippen molar-refractivity contribution in [2.75, 3.05) is 24.3 Å². The molecule has 0 saturated carbocycles. The van der Waals surface area contributed by atoms with Crippen molar-refractivity contribution in [3.63, 3.8) is 0 Å². The van der Waals surface area contributed by atoms with Gasteiger partial charge >= 0.3 is 5.97 Å². The van der Waals surface area contributed by atoms with Gasteiger partial charge in [-0.2, -0.15) is 4.37 Å². The van der Waals surface area contributed by atoms with Gasteiger partial charge in [-0.3, -0.25) is 0 Å². The number of rotatable bonds is 4. The van der Waals surface area contributed by atoms with Gasteiger partial charge in [-0.25, -0.2) is 4.79 Å². The number of nitrogens with one attached hydrogen (secondary N) is 1. The lowest BCUT2D eigenvalue weighted by Crippen LogP contribution is -2.08. The first kappa shape index (κ1) is 13.4. The van der Waals surface area contributed by atoms with Crippen molar-refractivity contribution in [3.8, 4) is 0 Å². The number of nitrogens with zero attached hydrogens (tertiary/aromatic N) is 2. The Morgan fingerprint density at radius 2 is 2.16 bits per heavy atom. The number of carboxylic acid groups (broad SMARTS) is 1. The first-order chi connectivity index (χ1) is 8.99. The van der Waals surface area contributed by atoms with Crippen molar-refractivity contribution in [3.05, 3.63) is 35.5 Å². The van der Waals surface area contributed by atoms with E-state index in [0.29, 0.717) is 10.7 Å². The summed E-state index contributed by atoms with van der Waals surface area (Å²) < 4.78 is 4.08. The van der Waals surface area contributed by atoms with Crippen LogP contribution in [0, 0.1) is 6.92 Å². The molecule has 0 spiro atoms. The van der Waals surface area contributed by atoms with Crippen LogP contribution in [0.3, 0.4) is 0 Å². The van der Waals surface area contributed by atoms with E-state index in [1.807, 2.05) is 43.3 Å². The summed E-state index contributed by atoms with van der Waals surface area (Å²) in [6, 6.07) is 7.77. The number of carbonyl (C=O) groups is 1. The number of benzene rings is 1. The van der Waals surface area contributed by atoms with Crippen LogP contribution in [0.25, 0.3) is 0 Å². The van der Waals surface area contributed by atoms with Crippen LogP contribution >= 0.6 is 11.5 Å². The molecule has 1 heterocycles. The van der Waals surface area contributed by atoms with Gasteiger partial charge in [0.25, 0.3) is 0 Å². The van der Waals surface area contributed by atoms with Crippen LogP contribution in [0.4, 0.5) is 16.4 Å². The summed E-state index contributed by atoms with van der Waals surface area (Å²) in [7, 11) is 3.91. The molecule has 0 unspecified atom stereocenters. The Labute approximate surface area is 115 Å². The quantitative estimate of drug-likeness (QED) is 0.899. The van der Waals surface area contributed by atoms with Crippen molar-refractivity contribution in [2.24, 2.45) is 0 Å². The summed E-state index contributed by atoms with van der Waals surface area (Å²) in [6.45, 7) is 1.70. The fourth-order valence-corrected chi connectivity index (χ4v) is 2.51. The molecule has 100 valence electrons. The van der Waals surface area contributed by atoms with Gasteiger partial charge in [0.1, 0.15) is 10.6 Å². The average molecular weight is 277 g/mol. The van der Waals surface area contributed by atoms with Crippen molar-refractivity contribution < 1.29 is 9.90 Å². The van der Waals surface area contributed by atoms with Crippen LogP contribution in [-0.4, -0.2) is 29.5 Å². The second kappa shape index (κ2) is 5.27. The summed E-state index contributed by atoms with van der Waals surface area (Å²) in [5.41, 5.74) is 2.66. The van der Waals surface area contributed by atoms with E-state index in [9.17, 15) is 9.90 Å². The predicted octanol–water partition coefficient (Wildman–Crippen LogP) is 2.96. The van der Waals surface area contributed by atoms with E-state index >= 15 is 0 Å². The normalized spacial score (nSPS) is 10.3. The molecule has 5 nitrogen and oxygen atoms in total. The first-order valence-electron chi connectivity index (χ1n) is 5.73. The van der Waals surface area contributed by atoms with E-state index in [0.717, 1.165) is 22.9 Å². The number of aryl methyl sites for hydroxylation is 1. The highest BCUT2D eigenvalue weighted by Crippen LogP contribution is 2.29. The fraction of sp³-hybridized carbons (Fsp3) is 0.231. The van der Waals surface area contributed by atoms with Gasteiger partial charge in [-0.15, -0.1) is 0 Å². The number of aromatic nitrogens is 1. The molecule has 2 N–H and O–H groups in total. The molecular formula is C13H15N3O2S. The Kier molecular flexibility index (Phi) is 3.71. The van der Waals surface area contributed by atoms with Crippen molar-refractivity contribution in [1.29, 1.82) is 0 Å². The number of aromatic carboxylic acids is 1. The van der Waals surface area contributed by atoms with E-state index in [2.05, 4.69) is 9.69 Å². The number of hydrogen-bond donors (Lipinski definition) is 2. The Balaban J connectivity index is 2.31. The van der Waals surface area contributed by atoms with Crippen LogP contribution in [-0.2, 0) is 0 Å². The highest BCUT2D eigenvalue weighted by atomic mass is 32.1. The number of hydrogen-bond acceptors (Lipinski definition) is 5. The smallest absolute Gasteiger partial charge is 0.340 e. The molecule has 1 aromatic carbocycles. The monoisotopic (exact) mass is 277 g/mol. The zero-order valence-electron chi connectivity index (χ0n) is 11.0. The fourth-order valence-electron chi connectivity index (χ4n) is 1.70. The van der Waals surface area contributed by atoms with Gasteiger partial charge in [-0.05, 0) is 36.7 Å². The van der Waals surface area contributed by atoms with E-state index in [-0.39, 0.29) is 5.56 Å². The van der Waals surface area contributed by atoms with Crippen LogP contribution in [0.1, 0.15) is 16.1 Å².